The number of aryl methyl sites for hydroxylation is 1. The van der Waals surface area contributed by atoms with E-state index in [-0.39, 0.29) is 11.4 Å². The third kappa shape index (κ3) is 1.92. The fourth-order valence-electron chi connectivity index (χ4n) is 0.965. The summed E-state index contributed by atoms with van der Waals surface area (Å²) in [7, 11) is 1.40. The van der Waals surface area contributed by atoms with Crippen molar-refractivity contribution in [1.82, 2.24) is 0 Å². The average Bonchev–Trinajstić information content (AvgIpc) is 2.08. The summed E-state index contributed by atoms with van der Waals surface area (Å²) in [5.41, 5.74) is 0.795. The Morgan fingerprint density at radius 2 is 2.15 bits per heavy atom. The smallest absolute Gasteiger partial charge is 0.312 e. The molecule has 0 aromatic heterocycles. The van der Waals surface area contributed by atoms with Crippen LogP contribution in [0.4, 0.5) is 5.69 Å². The zero-order valence-corrected chi connectivity index (χ0v) is 8.17. The molecular formula is C8H9NO3S. The number of hydrogen-bond acceptors (Lipinski definition) is 4. The van der Waals surface area contributed by atoms with E-state index in [2.05, 4.69) is 12.6 Å². The lowest BCUT2D eigenvalue weighted by Crippen LogP contribution is -1.94. The molecule has 70 valence electrons. The molecule has 0 radical (unpaired) electrons. The summed E-state index contributed by atoms with van der Waals surface area (Å²) in [5, 5.41) is 10.5. The number of rotatable bonds is 2. The van der Waals surface area contributed by atoms with Gasteiger partial charge >= 0.3 is 5.69 Å². The first-order valence-electron chi connectivity index (χ1n) is 3.58. The van der Waals surface area contributed by atoms with Gasteiger partial charge in [-0.25, -0.2) is 0 Å². The van der Waals surface area contributed by atoms with Crippen molar-refractivity contribution in [2.45, 2.75) is 11.8 Å². The van der Waals surface area contributed by atoms with Crippen LogP contribution in [-0.4, -0.2) is 12.0 Å². The summed E-state index contributed by atoms with van der Waals surface area (Å²) in [6, 6.07) is 2.98. The van der Waals surface area contributed by atoms with Gasteiger partial charge in [-0.15, -0.1) is 12.6 Å². The maximum atomic E-state index is 10.5. The van der Waals surface area contributed by atoms with E-state index in [4.69, 9.17) is 4.74 Å². The van der Waals surface area contributed by atoms with Crippen molar-refractivity contribution in [3.8, 4) is 5.75 Å². The summed E-state index contributed by atoms with van der Waals surface area (Å²) in [6.45, 7) is 1.81. The number of methoxy groups -OCH3 is 1. The minimum absolute atomic E-state index is 0.0573. The minimum atomic E-state index is -0.488. The molecule has 1 aromatic rings. The van der Waals surface area contributed by atoms with Gasteiger partial charge in [-0.1, -0.05) is 0 Å². The molecule has 0 fully saturated rings. The molecule has 0 atom stereocenters. The quantitative estimate of drug-likeness (QED) is 0.451. The van der Waals surface area contributed by atoms with Gasteiger partial charge in [0.15, 0.2) is 5.75 Å². The Kier molecular flexibility index (Phi) is 2.77. The molecule has 0 aliphatic carbocycles. The van der Waals surface area contributed by atoms with Crippen molar-refractivity contribution in [2.24, 2.45) is 0 Å². The Balaban J connectivity index is 3.33. The van der Waals surface area contributed by atoms with E-state index in [1.54, 1.807) is 6.07 Å². The van der Waals surface area contributed by atoms with Gasteiger partial charge in [0.25, 0.3) is 0 Å². The monoisotopic (exact) mass is 199 g/mol. The Morgan fingerprint density at radius 1 is 1.54 bits per heavy atom. The summed E-state index contributed by atoms with van der Waals surface area (Å²) in [4.78, 5) is 10.6. The number of nitro benzene ring substituents is 1. The Labute approximate surface area is 81.1 Å². The van der Waals surface area contributed by atoms with Crippen LogP contribution in [-0.2, 0) is 0 Å². The van der Waals surface area contributed by atoms with Crippen LogP contribution in [0.15, 0.2) is 17.0 Å². The highest BCUT2D eigenvalue weighted by atomic mass is 32.1. The van der Waals surface area contributed by atoms with Gasteiger partial charge in [0.1, 0.15) is 0 Å². The Bertz CT molecular complexity index is 351. The van der Waals surface area contributed by atoms with Crippen LogP contribution in [0.3, 0.4) is 0 Å². The lowest BCUT2D eigenvalue weighted by atomic mass is 10.2. The first-order chi connectivity index (χ1) is 6.06. The van der Waals surface area contributed by atoms with Gasteiger partial charge in [0, 0.05) is 11.0 Å². The first-order valence-corrected chi connectivity index (χ1v) is 4.03. The molecular weight excluding hydrogens is 190 g/mol. The molecule has 0 bridgehead atoms. The highest BCUT2D eigenvalue weighted by Crippen LogP contribution is 2.31. The average molecular weight is 199 g/mol. The van der Waals surface area contributed by atoms with Gasteiger partial charge in [-0.3, -0.25) is 10.1 Å². The molecule has 1 aromatic carbocycles. The van der Waals surface area contributed by atoms with E-state index < -0.39 is 4.92 Å². The molecule has 1 rings (SSSR count). The number of thiol groups is 1. The molecule has 0 aliphatic heterocycles. The van der Waals surface area contributed by atoms with Gasteiger partial charge < -0.3 is 4.74 Å². The van der Waals surface area contributed by atoms with Crippen molar-refractivity contribution in [3.63, 3.8) is 0 Å². The lowest BCUT2D eigenvalue weighted by molar-refractivity contribution is -0.386. The van der Waals surface area contributed by atoms with Gasteiger partial charge in [0.05, 0.1) is 12.0 Å². The Hall–Kier alpha value is -1.23. The van der Waals surface area contributed by atoms with Gasteiger partial charge in [-0.05, 0) is 18.6 Å². The van der Waals surface area contributed by atoms with Crippen LogP contribution in [0.1, 0.15) is 5.56 Å². The van der Waals surface area contributed by atoms with E-state index in [9.17, 15) is 10.1 Å². The van der Waals surface area contributed by atoms with Crippen LogP contribution in [0, 0.1) is 17.0 Å². The molecule has 0 saturated carbocycles. The molecule has 0 saturated heterocycles. The molecule has 0 amide bonds. The summed E-state index contributed by atoms with van der Waals surface area (Å²) < 4.78 is 4.87. The molecule has 0 unspecified atom stereocenters. The van der Waals surface area contributed by atoms with Crippen LogP contribution < -0.4 is 4.74 Å². The molecule has 4 nitrogen and oxygen atoms in total. The van der Waals surface area contributed by atoms with E-state index in [1.165, 1.54) is 13.2 Å². The maximum absolute atomic E-state index is 10.5. The largest absolute Gasteiger partial charge is 0.490 e. The minimum Gasteiger partial charge on any atom is -0.490 e. The summed E-state index contributed by atoms with van der Waals surface area (Å²) in [5.74, 6) is 0.264. The second kappa shape index (κ2) is 3.66. The molecule has 0 spiro atoms. The van der Waals surface area contributed by atoms with Crippen LogP contribution in [0.25, 0.3) is 0 Å². The van der Waals surface area contributed by atoms with Crippen LogP contribution >= 0.6 is 12.6 Å². The second-order valence-corrected chi connectivity index (χ2v) is 3.05. The molecule has 5 heteroatoms. The fraction of sp³-hybridized carbons (Fsp3) is 0.250. The van der Waals surface area contributed by atoms with Crippen LogP contribution in [0.2, 0.25) is 0 Å². The Morgan fingerprint density at radius 3 is 2.62 bits per heavy atom. The van der Waals surface area contributed by atoms with Crippen molar-refractivity contribution in [3.05, 3.63) is 27.8 Å². The predicted molar refractivity (Wildman–Crippen MR) is 51.6 cm³/mol. The number of nitro groups is 1. The number of ether oxygens (including phenoxy) is 1. The number of hydrogen-bond donors (Lipinski definition) is 1. The lowest BCUT2D eigenvalue weighted by Gasteiger charge is -2.04. The zero-order valence-electron chi connectivity index (χ0n) is 7.27. The SMILES string of the molecule is COc1cc(C)c(S)cc1[N+](=O)[O-]. The zero-order chi connectivity index (χ0) is 10.0. The second-order valence-electron chi connectivity index (χ2n) is 2.57. The van der Waals surface area contributed by atoms with Crippen molar-refractivity contribution < 1.29 is 9.66 Å². The first kappa shape index (κ1) is 9.85. The van der Waals surface area contributed by atoms with Gasteiger partial charge in [-0.2, -0.15) is 0 Å². The van der Waals surface area contributed by atoms with E-state index in [0.717, 1.165) is 5.56 Å². The van der Waals surface area contributed by atoms with Crippen molar-refractivity contribution in [2.75, 3.05) is 7.11 Å². The molecule has 0 aliphatic rings. The van der Waals surface area contributed by atoms with Crippen molar-refractivity contribution >= 4 is 18.3 Å². The summed E-state index contributed by atoms with van der Waals surface area (Å²) >= 11 is 4.09. The van der Waals surface area contributed by atoms with Gasteiger partial charge in [0.2, 0.25) is 0 Å². The highest BCUT2D eigenvalue weighted by molar-refractivity contribution is 7.80. The molecule has 0 heterocycles. The summed E-state index contributed by atoms with van der Waals surface area (Å²) in [6.07, 6.45) is 0. The van der Waals surface area contributed by atoms with E-state index >= 15 is 0 Å². The van der Waals surface area contributed by atoms with Crippen LogP contribution in [0.5, 0.6) is 5.75 Å². The fourth-order valence-corrected chi connectivity index (χ4v) is 1.15. The molecule has 13 heavy (non-hydrogen) atoms. The number of benzene rings is 1. The maximum Gasteiger partial charge on any atom is 0.312 e. The molecule has 0 N–H and O–H groups in total. The topological polar surface area (TPSA) is 52.4 Å². The predicted octanol–water partition coefficient (Wildman–Crippen LogP) is 2.20. The standard InChI is InChI=1S/C8H9NO3S/c1-5-3-7(12-2)6(9(10)11)4-8(5)13/h3-4,13H,1-2H3. The van der Waals surface area contributed by atoms with E-state index in [0.29, 0.717) is 4.90 Å². The third-order valence-corrected chi connectivity index (χ3v) is 2.18. The number of nitrogens with zero attached hydrogens (tertiary/aromatic N) is 1. The third-order valence-electron chi connectivity index (χ3n) is 1.69. The highest BCUT2D eigenvalue weighted by Gasteiger charge is 2.15. The normalized spacial score (nSPS) is 9.77. The van der Waals surface area contributed by atoms with E-state index in [1.807, 2.05) is 6.92 Å². The van der Waals surface area contributed by atoms with Crippen molar-refractivity contribution in [1.29, 1.82) is 0 Å².